The lowest BCUT2D eigenvalue weighted by Crippen LogP contribution is -2.36. The number of fused-ring (bicyclic) bond motifs is 1. The zero-order chi connectivity index (χ0) is 11.9. The highest BCUT2D eigenvalue weighted by Gasteiger charge is 2.57. The second kappa shape index (κ2) is 4.32. The van der Waals surface area contributed by atoms with Gasteiger partial charge in [-0.3, -0.25) is 4.79 Å². The summed E-state index contributed by atoms with van der Waals surface area (Å²) in [5, 5.41) is 0. The van der Waals surface area contributed by atoms with Crippen LogP contribution in [-0.2, 0) is 4.79 Å². The molecule has 4 heteroatoms. The van der Waals surface area contributed by atoms with E-state index in [0.717, 1.165) is 0 Å². The van der Waals surface area contributed by atoms with Crippen molar-refractivity contribution < 1.29 is 4.79 Å². The van der Waals surface area contributed by atoms with E-state index in [9.17, 15) is 4.79 Å². The summed E-state index contributed by atoms with van der Waals surface area (Å²) < 4.78 is 0. The van der Waals surface area contributed by atoms with Crippen LogP contribution >= 0.6 is 12.2 Å². The summed E-state index contributed by atoms with van der Waals surface area (Å²) in [4.78, 5) is 14.4. The lowest BCUT2D eigenvalue weighted by atomic mass is 10.1. The number of hydrogen-bond donors (Lipinski definition) is 1. The number of nitrogens with two attached hydrogens (primary N) is 1. The summed E-state index contributed by atoms with van der Waals surface area (Å²) in [5.41, 5.74) is 5.56. The minimum Gasteiger partial charge on any atom is -0.393 e. The van der Waals surface area contributed by atoms with Crippen LogP contribution in [0.3, 0.4) is 0 Å². The molecule has 0 aliphatic heterocycles. The molecule has 0 aromatic carbocycles. The predicted octanol–water partition coefficient (Wildman–Crippen LogP) is 1.41. The molecule has 3 nitrogen and oxygen atoms in total. The quantitative estimate of drug-likeness (QED) is 0.756. The molecule has 2 aliphatic carbocycles. The molecule has 0 spiro atoms. The van der Waals surface area contributed by atoms with E-state index < -0.39 is 0 Å². The van der Waals surface area contributed by atoms with E-state index in [1.54, 1.807) is 0 Å². The van der Waals surface area contributed by atoms with Gasteiger partial charge in [-0.15, -0.1) is 0 Å². The van der Waals surface area contributed by atoms with Crippen molar-refractivity contribution in [2.24, 2.45) is 29.4 Å². The minimum absolute atomic E-state index is 0.113. The third-order valence-corrected chi connectivity index (χ3v) is 4.50. The van der Waals surface area contributed by atoms with E-state index in [-0.39, 0.29) is 5.92 Å². The number of thiocarbonyl (C=S) groups is 1. The maximum Gasteiger partial charge on any atom is 0.226 e. The van der Waals surface area contributed by atoms with Gasteiger partial charge >= 0.3 is 0 Å². The average molecular weight is 240 g/mol. The van der Waals surface area contributed by atoms with Crippen LogP contribution in [0.4, 0.5) is 0 Å². The molecule has 0 radical (unpaired) electrons. The fourth-order valence-electron chi connectivity index (χ4n) is 3.03. The zero-order valence-corrected chi connectivity index (χ0v) is 10.8. The Kier molecular flexibility index (Phi) is 3.19. The van der Waals surface area contributed by atoms with Gasteiger partial charge in [-0.1, -0.05) is 25.6 Å². The van der Waals surface area contributed by atoms with Crippen LogP contribution in [0.15, 0.2) is 0 Å². The van der Waals surface area contributed by atoms with Gasteiger partial charge in [-0.25, -0.2) is 0 Å². The molecule has 2 saturated carbocycles. The van der Waals surface area contributed by atoms with E-state index >= 15 is 0 Å². The Balaban J connectivity index is 1.84. The predicted molar refractivity (Wildman–Crippen MR) is 67.9 cm³/mol. The van der Waals surface area contributed by atoms with E-state index in [1.165, 1.54) is 19.3 Å². The summed E-state index contributed by atoms with van der Waals surface area (Å²) in [5.74, 6) is 2.11. The van der Waals surface area contributed by atoms with Crippen molar-refractivity contribution in [1.29, 1.82) is 0 Å². The van der Waals surface area contributed by atoms with Gasteiger partial charge in [0.2, 0.25) is 5.91 Å². The number of carbonyl (C=O) groups excluding carboxylic acids is 1. The Morgan fingerprint density at radius 3 is 2.56 bits per heavy atom. The third kappa shape index (κ3) is 2.08. The second-order valence-electron chi connectivity index (χ2n) is 5.31. The van der Waals surface area contributed by atoms with E-state index in [2.05, 4.69) is 0 Å². The van der Waals surface area contributed by atoms with Gasteiger partial charge in [-0.2, -0.15) is 0 Å². The lowest BCUT2D eigenvalue weighted by Gasteiger charge is -2.21. The molecule has 16 heavy (non-hydrogen) atoms. The van der Waals surface area contributed by atoms with Crippen molar-refractivity contribution in [2.45, 2.75) is 26.2 Å². The number of carbonyl (C=O) groups is 1. The first-order valence-electron chi connectivity index (χ1n) is 6.06. The highest BCUT2D eigenvalue weighted by molar-refractivity contribution is 7.80. The molecular formula is C12H20N2OS. The highest BCUT2D eigenvalue weighted by Crippen LogP contribution is 2.58. The largest absolute Gasteiger partial charge is 0.393 e. The van der Waals surface area contributed by atoms with Crippen molar-refractivity contribution in [3.63, 3.8) is 0 Å². The monoisotopic (exact) mass is 240 g/mol. The average Bonchev–Trinajstić information content (AvgIpc) is 2.69. The molecule has 0 aromatic heterocycles. The van der Waals surface area contributed by atoms with Gasteiger partial charge < -0.3 is 10.6 Å². The Morgan fingerprint density at radius 1 is 1.50 bits per heavy atom. The van der Waals surface area contributed by atoms with Crippen molar-refractivity contribution in [1.82, 2.24) is 4.90 Å². The Bertz CT molecular complexity index is 308. The van der Waals surface area contributed by atoms with Gasteiger partial charge in [0.25, 0.3) is 0 Å². The van der Waals surface area contributed by atoms with Crippen LogP contribution in [0.5, 0.6) is 0 Å². The van der Waals surface area contributed by atoms with Gasteiger partial charge in [-0.05, 0) is 24.7 Å². The van der Waals surface area contributed by atoms with E-state index in [0.29, 0.717) is 35.2 Å². The summed E-state index contributed by atoms with van der Waals surface area (Å²) in [6.45, 7) is 2.63. The van der Waals surface area contributed by atoms with Crippen molar-refractivity contribution in [3.8, 4) is 0 Å². The smallest absolute Gasteiger partial charge is 0.226 e. The van der Waals surface area contributed by atoms with Crippen LogP contribution in [0.2, 0.25) is 0 Å². The van der Waals surface area contributed by atoms with Crippen molar-refractivity contribution in [2.75, 3.05) is 13.6 Å². The number of amides is 1. The van der Waals surface area contributed by atoms with Gasteiger partial charge in [0.05, 0.1) is 4.99 Å². The Hall–Kier alpha value is -0.640. The fraction of sp³-hybridized carbons (Fsp3) is 0.833. The number of rotatable bonds is 4. The van der Waals surface area contributed by atoms with Gasteiger partial charge in [0.15, 0.2) is 0 Å². The molecule has 2 fully saturated rings. The molecule has 0 bridgehead atoms. The van der Waals surface area contributed by atoms with E-state index in [4.69, 9.17) is 18.0 Å². The molecule has 0 saturated heterocycles. The zero-order valence-electron chi connectivity index (χ0n) is 9.98. The summed E-state index contributed by atoms with van der Waals surface area (Å²) in [7, 11) is 1.87. The standard InChI is InChI=1S/C12H20N2OS/c1-7(11(13)16)6-14(2)12(15)10-8-4-3-5-9(8)10/h7-10H,3-6H2,1-2H3,(H2,13,16). The maximum atomic E-state index is 12.1. The first kappa shape index (κ1) is 11.8. The fourth-order valence-corrected chi connectivity index (χ4v) is 3.11. The number of hydrogen-bond acceptors (Lipinski definition) is 2. The molecule has 2 rings (SSSR count). The van der Waals surface area contributed by atoms with Crippen molar-refractivity contribution >= 4 is 23.1 Å². The SMILES string of the molecule is CC(CN(C)C(=O)C1C2CCCC21)C(N)=S. The second-order valence-corrected chi connectivity index (χ2v) is 5.78. The minimum atomic E-state index is 0.113. The Labute approximate surface area is 102 Å². The Morgan fingerprint density at radius 2 is 2.06 bits per heavy atom. The van der Waals surface area contributed by atoms with Crippen LogP contribution in [0.25, 0.3) is 0 Å². The summed E-state index contributed by atoms with van der Waals surface area (Å²) in [6, 6.07) is 0. The molecule has 3 atom stereocenters. The lowest BCUT2D eigenvalue weighted by molar-refractivity contribution is -0.132. The van der Waals surface area contributed by atoms with Crippen molar-refractivity contribution in [3.05, 3.63) is 0 Å². The topological polar surface area (TPSA) is 46.3 Å². The van der Waals surface area contributed by atoms with Crippen LogP contribution in [0, 0.1) is 23.7 Å². The van der Waals surface area contributed by atoms with E-state index in [1.807, 2.05) is 18.9 Å². The molecule has 3 unspecified atom stereocenters. The third-order valence-electron chi connectivity index (χ3n) is 4.10. The normalized spacial score (nSPS) is 33.0. The summed E-state index contributed by atoms with van der Waals surface area (Å²) in [6.07, 6.45) is 3.81. The molecular weight excluding hydrogens is 220 g/mol. The molecule has 0 aromatic rings. The number of nitrogens with zero attached hydrogens (tertiary/aromatic N) is 1. The highest BCUT2D eigenvalue weighted by atomic mass is 32.1. The van der Waals surface area contributed by atoms with Gasteiger partial charge in [0.1, 0.15) is 0 Å². The van der Waals surface area contributed by atoms with Crippen LogP contribution < -0.4 is 5.73 Å². The first-order valence-corrected chi connectivity index (χ1v) is 6.47. The molecule has 90 valence electrons. The summed E-state index contributed by atoms with van der Waals surface area (Å²) >= 11 is 4.92. The van der Waals surface area contributed by atoms with Crippen LogP contribution in [0.1, 0.15) is 26.2 Å². The molecule has 2 aliphatic rings. The maximum absolute atomic E-state index is 12.1. The van der Waals surface area contributed by atoms with Gasteiger partial charge in [0, 0.05) is 25.4 Å². The first-order chi connectivity index (χ1) is 7.52. The molecule has 1 amide bonds. The molecule has 2 N–H and O–H groups in total. The molecule has 0 heterocycles. The van der Waals surface area contributed by atoms with Crippen LogP contribution in [-0.4, -0.2) is 29.4 Å².